The molecular weight excluding hydrogens is 348 g/mol. The molecule has 5 rings (SSSR count). The number of amides is 1. The van der Waals surface area contributed by atoms with Gasteiger partial charge in [-0.3, -0.25) is 14.0 Å². The van der Waals surface area contributed by atoms with E-state index in [1.807, 2.05) is 28.3 Å². The van der Waals surface area contributed by atoms with Gasteiger partial charge in [-0.1, -0.05) is 6.07 Å². The highest BCUT2D eigenvalue weighted by Gasteiger charge is 2.26. The van der Waals surface area contributed by atoms with E-state index in [1.165, 1.54) is 12.8 Å². The number of hydrogen-bond donors (Lipinski definition) is 1. The minimum atomic E-state index is -0.191. The first-order valence-electron chi connectivity index (χ1n) is 9.16. The molecule has 0 bridgehead atoms. The molecule has 2 aliphatic rings. The average Bonchev–Trinajstić information content (AvgIpc) is 3.09. The van der Waals surface area contributed by atoms with Gasteiger partial charge in [-0.05, 0) is 49.5 Å². The Balaban J connectivity index is 1.59. The number of aromatic nitrogens is 3. The lowest BCUT2D eigenvalue weighted by Gasteiger charge is -2.25. The maximum atomic E-state index is 13.1. The summed E-state index contributed by atoms with van der Waals surface area (Å²) in [6.45, 7) is 0.721. The van der Waals surface area contributed by atoms with Crippen molar-refractivity contribution in [2.45, 2.75) is 44.7 Å². The van der Waals surface area contributed by atoms with Crippen LogP contribution in [-0.4, -0.2) is 25.9 Å². The molecule has 7 heteroatoms. The molecule has 2 saturated carbocycles. The Morgan fingerprint density at radius 1 is 1.27 bits per heavy atom. The number of fused-ring (bicyclic) bond motifs is 1. The maximum Gasteiger partial charge on any atom is 0.294 e. The summed E-state index contributed by atoms with van der Waals surface area (Å²) in [6, 6.07) is 4.26. The predicted molar refractivity (Wildman–Crippen MR) is 101 cm³/mol. The molecule has 0 aliphatic heterocycles. The second kappa shape index (κ2) is 6.09. The Morgan fingerprint density at radius 2 is 2.12 bits per heavy atom. The third kappa shape index (κ3) is 2.76. The number of nitrogens with one attached hydrogen (secondary N) is 1. The first-order chi connectivity index (χ1) is 12.7. The summed E-state index contributed by atoms with van der Waals surface area (Å²) in [5.41, 5.74) is 1.42. The summed E-state index contributed by atoms with van der Waals surface area (Å²) in [6.07, 6.45) is 9.15. The average molecular weight is 368 g/mol. The molecule has 2 fully saturated rings. The number of carbonyl (C=O) groups excluding carboxylic acids is 1. The summed E-state index contributed by atoms with van der Waals surface area (Å²) in [5.74, 6) is 0.384. The van der Waals surface area contributed by atoms with Crippen molar-refractivity contribution in [3.63, 3.8) is 0 Å². The van der Waals surface area contributed by atoms with Crippen LogP contribution in [0.5, 0.6) is 0 Å². The van der Waals surface area contributed by atoms with E-state index in [0.29, 0.717) is 17.3 Å². The number of carbonyl (C=O) groups is 1. The number of imidazole rings is 1. The smallest absolute Gasteiger partial charge is 0.294 e. The number of rotatable bonds is 5. The molecule has 0 saturated heterocycles. The molecule has 3 heterocycles. The van der Waals surface area contributed by atoms with Crippen molar-refractivity contribution in [2.75, 3.05) is 0 Å². The van der Waals surface area contributed by atoms with Gasteiger partial charge in [0.1, 0.15) is 5.69 Å². The third-order valence-electron chi connectivity index (χ3n) is 5.31. The lowest BCUT2D eigenvalue weighted by atomic mass is 9.93. The van der Waals surface area contributed by atoms with Crippen LogP contribution in [0.25, 0.3) is 16.2 Å². The zero-order valence-electron chi connectivity index (χ0n) is 14.4. The Bertz CT molecular complexity index is 1030. The predicted octanol–water partition coefficient (Wildman–Crippen LogP) is 2.92. The maximum absolute atomic E-state index is 13.1. The Morgan fingerprint density at radius 3 is 2.77 bits per heavy atom. The van der Waals surface area contributed by atoms with Gasteiger partial charge in [0.15, 0.2) is 0 Å². The van der Waals surface area contributed by atoms with Crippen LogP contribution in [0.2, 0.25) is 0 Å². The standard InChI is InChI=1S/C19H20N4O2S/c24-18(20-13-3-1-4-13)14-10-22-11-15(16-5-2-8-26-16)23(9-12-6-7-12)19(25)17(22)21-14/h2,5,8,10-13H,1,3-4,6-7,9H2,(H,20,24). The van der Waals surface area contributed by atoms with Crippen molar-refractivity contribution in [2.24, 2.45) is 5.92 Å². The summed E-state index contributed by atoms with van der Waals surface area (Å²) in [4.78, 5) is 30.9. The quantitative estimate of drug-likeness (QED) is 0.753. The third-order valence-corrected chi connectivity index (χ3v) is 6.20. The minimum Gasteiger partial charge on any atom is -0.348 e. The highest BCUT2D eigenvalue weighted by Crippen LogP contribution is 2.32. The Labute approximate surface area is 154 Å². The molecule has 3 aromatic heterocycles. The van der Waals surface area contributed by atoms with E-state index in [9.17, 15) is 9.59 Å². The lowest BCUT2D eigenvalue weighted by Crippen LogP contribution is -2.39. The largest absolute Gasteiger partial charge is 0.348 e. The highest BCUT2D eigenvalue weighted by atomic mass is 32.1. The second-order valence-corrected chi connectivity index (χ2v) is 8.26. The molecule has 0 unspecified atom stereocenters. The molecule has 1 amide bonds. The zero-order chi connectivity index (χ0) is 17.7. The molecule has 6 nitrogen and oxygen atoms in total. The molecule has 1 N–H and O–H groups in total. The van der Waals surface area contributed by atoms with Gasteiger partial charge in [-0.2, -0.15) is 0 Å². The van der Waals surface area contributed by atoms with E-state index in [4.69, 9.17) is 0 Å². The van der Waals surface area contributed by atoms with Crippen LogP contribution in [0.1, 0.15) is 42.6 Å². The number of nitrogens with zero attached hydrogens (tertiary/aromatic N) is 3. The second-order valence-electron chi connectivity index (χ2n) is 7.31. The van der Waals surface area contributed by atoms with E-state index in [-0.39, 0.29) is 17.5 Å². The number of thiophene rings is 1. The minimum absolute atomic E-state index is 0.120. The summed E-state index contributed by atoms with van der Waals surface area (Å²) in [5, 5.41) is 5.00. The fourth-order valence-electron chi connectivity index (χ4n) is 3.36. The molecule has 26 heavy (non-hydrogen) atoms. The first-order valence-corrected chi connectivity index (χ1v) is 10.0. The normalized spacial score (nSPS) is 17.4. The summed E-state index contributed by atoms with van der Waals surface area (Å²) < 4.78 is 3.54. The summed E-state index contributed by atoms with van der Waals surface area (Å²) in [7, 11) is 0. The van der Waals surface area contributed by atoms with Gasteiger partial charge in [0, 0.05) is 25.0 Å². The van der Waals surface area contributed by atoms with Crippen LogP contribution >= 0.6 is 11.3 Å². The van der Waals surface area contributed by atoms with Gasteiger partial charge in [0.05, 0.1) is 10.6 Å². The molecule has 2 aliphatic carbocycles. The fourth-order valence-corrected chi connectivity index (χ4v) is 4.11. The molecule has 0 spiro atoms. The SMILES string of the molecule is O=C(NC1CCC1)c1cn2cc(-c3cccs3)n(CC3CC3)c(=O)c2n1. The van der Waals surface area contributed by atoms with Gasteiger partial charge in [-0.15, -0.1) is 11.3 Å². The van der Waals surface area contributed by atoms with E-state index < -0.39 is 0 Å². The van der Waals surface area contributed by atoms with Gasteiger partial charge in [0.25, 0.3) is 11.5 Å². The van der Waals surface area contributed by atoms with Crippen LogP contribution < -0.4 is 10.9 Å². The molecule has 0 atom stereocenters. The number of hydrogen-bond acceptors (Lipinski definition) is 4. The van der Waals surface area contributed by atoms with Crippen molar-refractivity contribution in [1.29, 1.82) is 0 Å². The van der Waals surface area contributed by atoms with Gasteiger partial charge >= 0.3 is 0 Å². The molecule has 0 aromatic carbocycles. The lowest BCUT2D eigenvalue weighted by molar-refractivity contribution is 0.0912. The first kappa shape index (κ1) is 15.8. The van der Waals surface area contributed by atoms with Crippen LogP contribution in [-0.2, 0) is 6.54 Å². The van der Waals surface area contributed by atoms with Crippen LogP contribution in [0, 0.1) is 5.92 Å². The molecule has 0 radical (unpaired) electrons. The molecule has 134 valence electrons. The van der Waals surface area contributed by atoms with Crippen LogP contribution in [0.3, 0.4) is 0 Å². The van der Waals surface area contributed by atoms with Crippen molar-refractivity contribution in [1.82, 2.24) is 19.3 Å². The molecular formula is C19H20N4O2S. The van der Waals surface area contributed by atoms with Gasteiger partial charge in [0.2, 0.25) is 5.65 Å². The van der Waals surface area contributed by atoms with Crippen molar-refractivity contribution in [3.05, 3.63) is 46.0 Å². The summed E-state index contributed by atoms with van der Waals surface area (Å²) >= 11 is 1.61. The van der Waals surface area contributed by atoms with Crippen LogP contribution in [0.4, 0.5) is 0 Å². The monoisotopic (exact) mass is 368 g/mol. The van der Waals surface area contributed by atoms with Crippen molar-refractivity contribution < 1.29 is 4.79 Å². The van der Waals surface area contributed by atoms with Crippen LogP contribution in [0.15, 0.2) is 34.7 Å². The van der Waals surface area contributed by atoms with Gasteiger partial charge in [-0.25, -0.2) is 4.98 Å². The zero-order valence-corrected chi connectivity index (χ0v) is 15.2. The Kier molecular flexibility index (Phi) is 3.70. The molecule has 3 aromatic rings. The van der Waals surface area contributed by atoms with E-state index >= 15 is 0 Å². The van der Waals surface area contributed by atoms with E-state index in [1.54, 1.807) is 21.9 Å². The Hall–Kier alpha value is -2.41. The topological polar surface area (TPSA) is 68.4 Å². The fraction of sp³-hybridized carbons (Fsp3) is 0.421. The van der Waals surface area contributed by atoms with Crippen molar-refractivity contribution in [3.8, 4) is 10.6 Å². The van der Waals surface area contributed by atoms with Crippen molar-refractivity contribution >= 4 is 22.9 Å². The van der Waals surface area contributed by atoms with E-state index in [0.717, 1.165) is 36.4 Å². The van der Waals surface area contributed by atoms with E-state index in [2.05, 4.69) is 10.3 Å². The van der Waals surface area contributed by atoms with Gasteiger partial charge < -0.3 is 9.88 Å². The highest BCUT2D eigenvalue weighted by molar-refractivity contribution is 7.13.